The molecule has 0 bridgehead atoms. The normalized spacial score (nSPS) is 12.9. The molecular formula is C20H22FNO4. The topological polar surface area (TPSA) is 64.6 Å². The first-order valence-electron chi connectivity index (χ1n) is 8.25. The van der Waals surface area contributed by atoms with Gasteiger partial charge in [-0.05, 0) is 49.2 Å². The van der Waals surface area contributed by atoms with Gasteiger partial charge in [0.25, 0.3) is 5.91 Å². The molecule has 2 atom stereocenters. The van der Waals surface area contributed by atoms with E-state index in [1.54, 1.807) is 44.4 Å². The molecule has 5 nitrogen and oxygen atoms in total. The molecule has 0 saturated heterocycles. The quantitative estimate of drug-likeness (QED) is 0.770. The van der Waals surface area contributed by atoms with Crippen LogP contribution in [0.2, 0.25) is 0 Å². The molecular weight excluding hydrogens is 337 g/mol. The summed E-state index contributed by atoms with van der Waals surface area (Å²) in [6.45, 7) is 3.66. The van der Waals surface area contributed by atoms with Crippen molar-refractivity contribution in [2.24, 2.45) is 0 Å². The number of rotatable bonds is 7. The third-order valence-electron chi connectivity index (χ3n) is 3.86. The van der Waals surface area contributed by atoms with Crippen molar-refractivity contribution in [3.8, 4) is 0 Å². The average Bonchev–Trinajstić information content (AvgIpc) is 2.62. The van der Waals surface area contributed by atoms with Crippen LogP contribution >= 0.6 is 0 Å². The molecule has 0 radical (unpaired) electrons. The number of benzene rings is 2. The fourth-order valence-corrected chi connectivity index (χ4v) is 2.40. The minimum atomic E-state index is -0.962. The van der Waals surface area contributed by atoms with E-state index in [9.17, 15) is 14.0 Å². The van der Waals surface area contributed by atoms with E-state index in [0.717, 1.165) is 11.1 Å². The predicted octanol–water partition coefficient (Wildman–Crippen LogP) is 3.39. The van der Waals surface area contributed by atoms with Gasteiger partial charge in [0.1, 0.15) is 5.82 Å². The lowest BCUT2D eigenvalue weighted by molar-refractivity contribution is -0.129. The minimum Gasteiger partial charge on any atom is -0.449 e. The molecule has 2 aromatic rings. The van der Waals surface area contributed by atoms with Crippen molar-refractivity contribution in [1.29, 1.82) is 0 Å². The first kappa shape index (κ1) is 19.6. The van der Waals surface area contributed by atoms with Gasteiger partial charge in [0.2, 0.25) is 0 Å². The van der Waals surface area contributed by atoms with E-state index in [4.69, 9.17) is 9.47 Å². The fraction of sp³-hybridized carbons (Fsp3) is 0.300. The number of esters is 1. The van der Waals surface area contributed by atoms with Crippen LogP contribution in [0.25, 0.3) is 0 Å². The summed E-state index contributed by atoms with van der Waals surface area (Å²) < 4.78 is 23.2. The molecule has 0 aromatic heterocycles. The number of halogens is 1. The molecule has 0 saturated carbocycles. The second-order valence-corrected chi connectivity index (χ2v) is 5.96. The van der Waals surface area contributed by atoms with E-state index in [-0.39, 0.29) is 11.9 Å². The lowest BCUT2D eigenvalue weighted by Crippen LogP contribution is -2.37. The van der Waals surface area contributed by atoms with Crippen LogP contribution in [0.4, 0.5) is 4.39 Å². The maximum atomic E-state index is 13.0. The van der Waals surface area contributed by atoms with E-state index >= 15 is 0 Å². The molecule has 0 aliphatic heterocycles. The van der Waals surface area contributed by atoms with Gasteiger partial charge in [0, 0.05) is 7.11 Å². The Hall–Kier alpha value is -2.73. The Balaban J connectivity index is 1.94. The van der Waals surface area contributed by atoms with Crippen LogP contribution in [-0.4, -0.2) is 25.1 Å². The van der Waals surface area contributed by atoms with E-state index in [0.29, 0.717) is 12.2 Å². The summed E-state index contributed by atoms with van der Waals surface area (Å²) >= 11 is 0. The van der Waals surface area contributed by atoms with Crippen LogP contribution in [0.3, 0.4) is 0 Å². The van der Waals surface area contributed by atoms with Crippen LogP contribution in [0, 0.1) is 5.82 Å². The van der Waals surface area contributed by atoms with Gasteiger partial charge < -0.3 is 14.8 Å². The summed E-state index contributed by atoms with van der Waals surface area (Å²) in [4.78, 5) is 24.5. The molecule has 0 fully saturated rings. The molecule has 0 aliphatic carbocycles. The van der Waals surface area contributed by atoms with E-state index < -0.39 is 18.0 Å². The van der Waals surface area contributed by atoms with Gasteiger partial charge in [-0.2, -0.15) is 0 Å². The van der Waals surface area contributed by atoms with Crippen molar-refractivity contribution in [3.63, 3.8) is 0 Å². The summed E-state index contributed by atoms with van der Waals surface area (Å²) in [6.07, 6.45) is -0.962. The van der Waals surface area contributed by atoms with Gasteiger partial charge in [0.05, 0.1) is 18.2 Å². The number of ether oxygens (including phenoxy) is 2. The van der Waals surface area contributed by atoms with Crippen LogP contribution in [0.5, 0.6) is 0 Å². The van der Waals surface area contributed by atoms with Crippen molar-refractivity contribution >= 4 is 11.9 Å². The molecule has 2 rings (SSSR count). The zero-order valence-corrected chi connectivity index (χ0v) is 15.0. The van der Waals surface area contributed by atoms with Gasteiger partial charge in [-0.15, -0.1) is 0 Å². The number of nitrogens with one attached hydrogen (secondary N) is 1. The molecule has 0 spiro atoms. The van der Waals surface area contributed by atoms with E-state index in [1.165, 1.54) is 19.1 Å². The number of carbonyl (C=O) groups is 2. The Morgan fingerprint density at radius 3 is 2.46 bits per heavy atom. The number of hydrogen-bond donors (Lipinski definition) is 1. The average molecular weight is 359 g/mol. The number of carbonyl (C=O) groups excluding carboxylic acids is 2. The highest BCUT2D eigenvalue weighted by Gasteiger charge is 2.21. The lowest BCUT2D eigenvalue weighted by Gasteiger charge is -2.18. The number of hydrogen-bond acceptors (Lipinski definition) is 4. The van der Waals surface area contributed by atoms with Crippen molar-refractivity contribution in [1.82, 2.24) is 5.32 Å². The van der Waals surface area contributed by atoms with Crippen LogP contribution in [0.1, 0.15) is 41.4 Å². The summed E-state index contributed by atoms with van der Waals surface area (Å²) in [6, 6.07) is 12.4. The van der Waals surface area contributed by atoms with Crippen molar-refractivity contribution < 1.29 is 23.5 Å². The SMILES string of the molecule is COCc1cccc(C(=O)OC(C)C(=O)NC(C)c2ccc(F)cc2)c1. The predicted molar refractivity (Wildman–Crippen MR) is 95.0 cm³/mol. The molecule has 0 heterocycles. The number of methoxy groups -OCH3 is 1. The maximum absolute atomic E-state index is 13.0. The zero-order chi connectivity index (χ0) is 19.1. The molecule has 2 unspecified atom stereocenters. The van der Waals surface area contributed by atoms with Gasteiger partial charge in [-0.25, -0.2) is 9.18 Å². The molecule has 26 heavy (non-hydrogen) atoms. The maximum Gasteiger partial charge on any atom is 0.338 e. The lowest BCUT2D eigenvalue weighted by atomic mass is 10.1. The van der Waals surface area contributed by atoms with E-state index in [2.05, 4.69) is 5.32 Å². The second-order valence-electron chi connectivity index (χ2n) is 5.96. The highest BCUT2D eigenvalue weighted by atomic mass is 19.1. The Bertz CT molecular complexity index is 761. The third-order valence-corrected chi connectivity index (χ3v) is 3.86. The smallest absolute Gasteiger partial charge is 0.338 e. The van der Waals surface area contributed by atoms with Crippen LogP contribution in [0.15, 0.2) is 48.5 Å². The zero-order valence-electron chi connectivity index (χ0n) is 15.0. The summed E-state index contributed by atoms with van der Waals surface area (Å²) in [5.41, 5.74) is 1.94. The highest BCUT2D eigenvalue weighted by Crippen LogP contribution is 2.14. The van der Waals surface area contributed by atoms with Crippen molar-refractivity contribution in [2.75, 3.05) is 7.11 Å². The van der Waals surface area contributed by atoms with Crippen LogP contribution < -0.4 is 5.32 Å². The summed E-state index contributed by atoms with van der Waals surface area (Å²) in [5, 5.41) is 2.75. The molecule has 6 heteroatoms. The Kier molecular flexibility index (Phi) is 6.86. The van der Waals surface area contributed by atoms with Crippen LogP contribution in [-0.2, 0) is 20.9 Å². The standard InChI is InChI=1S/C20H22FNO4/c1-13(16-7-9-18(21)10-8-16)22-19(23)14(2)26-20(24)17-6-4-5-15(11-17)12-25-3/h4-11,13-14H,12H2,1-3H3,(H,22,23). The van der Waals surface area contributed by atoms with Crippen molar-refractivity contribution in [3.05, 3.63) is 71.0 Å². The van der Waals surface area contributed by atoms with Gasteiger partial charge in [-0.3, -0.25) is 4.79 Å². The van der Waals surface area contributed by atoms with Crippen molar-refractivity contribution in [2.45, 2.75) is 32.6 Å². The molecule has 2 aromatic carbocycles. The van der Waals surface area contributed by atoms with Gasteiger partial charge >= 0.3 is 5.97 Å². The molecule has 1 amide bonds. The number of amides is 1. The highest BCUT2D eigenvalue weighted by molar-refractivity contribution is 5.92. The fourth-order valence-electron chi connectivity index (χ4n) is 2.40. The monoisotopic (exact) mass is 359 g/mol. The Morgan fingerprint density at radius 1 is 1.12 bits per heavy atom. The van der Waals surface area contributed by atoms with Gasteiger partial charge in [0.15, 0.2) is 6.10 Å². The second kappa shape index (κ2) is 9.10. The first-order chi connectivity index (χ1) is 12.4. The Morgan fingerprint density at radius 2 is 1.81 bits per heavy atom. The Labute approximate surface area is 152 Å². The molecule has 138 valence electrons. The largest absolute Gasteiger partial charge is 0.449 e. The summed E-state index contributed by atoms with van der Waals surface area (Å²) in [5.74, 6) is -1.35. The summed E-state index contributed by atoms with van der Waals surface area (Å²) in [7, 11) is 1.57. The van der Waals surface area contributed by atoms with Gasteiger partial charge in [-0.1, -0.05) is 24.3 Å². The third kappa shape index (κ3) is 5.39. The molecule has 0 aliphatic rings. The first-order valence-corrected chi connectivity index (χ1v) is 8.25. The van der Waals surface area contributed by atoms with E-state index in [1.807, 2.05) is 6.07 Å². The molecule has 1 N–H and O–H groups in total. The minimum absolute atomic E-state index is 0.339.